The maximum atomic E-state index is 13.3. The number of aliphatic hydroxyl groups excluding tert-OH is 1. The first-order chi connectivity index (χ1) is 31.2. The van der Waals surface area contributed by atoms with Crippen molar-refractivity contribution < 1.29 is 28.8 Å². The molecule has 324 valence electrons. The first kappa shape index (κ1) is 43.1. The maximum absolute atomic E-state index is 13.3. The van der Waals surface area contributed by atoms with E-state index >= 15 is 0 Å². The molecule has 1 fully saturated rings. The summed E-state index contributed by atoms with van der Waals surface area (Å²) in [5.41, 5.74) is 11.4. The van der Waals surface area contributed by atoms with E-state index in [1.807, 2.05) is 127 Å². The highest BCUT2D eigenvalue weighted by Gasteiger charge is 2.42. The lowest BCUT2D eigenvalue weighted by atomic mass is 9.80. The van der Waals surface area contributed by atoms with Crippen LogP contribution in [0.2, 0.25) is 0 Å². The number of benzene rings is 5. The molecule has 3 heterocycles. The number of hydrogen-bond donors (Lipinski definition) is 3. The molecule has 1 saturated heterocycles. The summed E-state index contributed by atoms with van der Waals surface area (Å²) in [4.78, 5) is 24.1. The Bertz CT molecular complexity index is 2750. The predicted molar refractivity (Wildman–Crippen MR) is 245 cm³/mol. The van der Waals surface area contributed by atoms with Crippen LogP contribution in [0.4, 0.5) is 22.9 Å². The minimum absolute atomic E-state index is 0.0280. The number of nitrogens with zero attached hydrogens (tertiary/aromatic N) is 6. The van der Waals surface area contributed by atoms with Crippen LogP contribution < -0.4 is 25.4 Å². The van der Waals surface area contributed by atoms with Crippen molar-refractivity contribution >= 4 is 39.8 Å². The number of azo groups is 1. The molecule has 8 rings (SSSR count). The van der Waals surface area contributed by atoms with Crippen molar-refractivity contribution in [1.29, 1.82) is 0 Å². The van der Waals surface area contributed by atoms with E-state index in [-0.39, 0.29) is 31.3 Å². The minimum Gasteiger partial charge on any atom is -0.497 e. The molecule has 3 atom stereocenters. The molecule has 0 bridgehead atoms. The lowest BCUT2D eigenvalue weighted by Gasteiger charge is -2.37. The normalized spacial score (nSPS) is 16.0. The van der Waals surface area contributed by atoms with E-state index in [0.29, 0.717) is 45.0 Å². The number of fused-ring (bicyclic) bond motifs is 1. The summed E-state index contributed by atoms with van der Waals surface area (Å²) in [6.07, 6.45) is 1.15. The van der Waals surface area contributed by atoms with Crippen LogP contribution >= 0.6 is 0 Å². The van der Waals surface area contributed by atoms with Crippen LogP contribution in [0.5, 0.6) is 11.5 Å². The lowest BCUT2D eigenvalue weighted by Crippen LogP contribution is -2.38. The number of amides is 1. The second-order valence-electron chi connectivity index (χ2n) is 15.3. The summed E-state index contributed by atoms with van der Waals surface area (Å²) in [6.45, 7) is 0.0574. The summed E-state index contributed by atoms with van der Waals surface area (Å²) < 4.78 is 26.5. The number of carbonyl (C=O) groups excluding carboxylic acids is 1. The Hall–Kier alpha value is -7.57. The summed E-state index contributed by atoms with van der Waals surface area (Å²) in [5.74, 6) is 7.48. The number of aliphatic hydroxyl groups is 1. The zero-order chi connectivity index (χ0) is 44.6. The Labute approximate surface area is 371 Å². The van der Waals surface area contributed by atoms with Crippen LogP contribution in [0.1, 0.15) is 45.3 Å². The van der Waals surface area contributed by atoms with Crippen molar-refractivity contribution in [2.24, 2.45) is 10.2 Å². The third-order valence-electron chi connectivity index (χ3n) is 11.1. The molecule has 0 aliphatic carbocycles. The SMILES string of the molecule is COc1ccc(C(OC[C@H]2O[C@@H](n3cc(C#CCNC(=O)c4ccccc4N=Nc4ccc(N(C)C)cc4)c4c(N)ncnc43)C[C@@H]2O)(c2ccccc2)c2ccc(OC)cc2)cc1. The van der Waals surface area contributed by atoms with Crippen LogP contribution in [-0.2, 0) is 15.1 Å². The Kier molecular flexibility index (Phi) is 12.9. The maximum Gasteiger partial charge on any atom is 0.254 e. The van der Waals surface area contributed by atoms with Crippen molar-refractivity contribution in [2.45, 2.75) is 30.5 Å². The Morgan fingerprint density at radius 1 is 0.875 bits per heavy atom. The monoisotopic (exact) mass is 856 g/mol. The van der Waals surface area contributed by atoms with E-state index in [2.05, 4.69) is 37.4 Å². The van der Waals surface area contributed by atoms with Crippen LogP contribution in [0.3, 0.4) is 0 Å². The number of nitrogens with one attached hydrogen (secondary N) is 1. The molecule has 7 aromatic rings. The number of methoxy groups -OCH3 is 2. The molecular formula is C50H48N8O6. The molecule has 1 amide bonds. The lowest BCUT2D eigenvalue weighted by molar-refractivity contribution is -0.0930. The number of hydrogen-bond acceptors (Lipinski definition) is 12. The number of rotatable bonds is 14. The third-order valence-corrected chi connectivity index (χ3v) is 11.1. The van der Waals surface area contributed by atoms with Gasteiger partial charge in [0.2, 0.25) is 0 Å². The smallest absolute Gasteiger partial charge is 0.254 e. The van der Waals surface area contributed by atoms with E-state index in [1.165, 1.54) is 6.33 Å². The first-order valence-corrected chi connectivity index (χ1v) is 20.7. The van der Waals surface area contributed by atoms with Crippen molar-refractivity contribution in [2.75, 3.05) is 52.1 Å². The molecule has 14 nitrogen and oxygen atoms in total. The molecule has 0 unspecified atom stereocenters. The molecule has 4 N–H and O–H groups in total. The highest BCUT2D eigenvalue weighted by Crippen LogP contribution is 2.43. The zero-order valence-electron chi connectivity index (χ0n) is 35.9. The van der Waals surface area contributed by atoms with E-state index in [9.17, 15) is 9.90 Å². The molecule has 64 heavy (non-hydrogen) atoms. The second-order valence-corrected chi connectivity index (χ2v) is 15.3. The van der Waals surface area contributed by atoms with Crippen LogP contribution in [0.25, 0.3) is 11.0 Å². The topological polar surface area (TPSA) is 171 Å². The molecule has 0 radical (unpaired) electrons. The van der Waals surface area contributed by atoms with Gasteiger partial charge in [0.05, 0.1) is 61.4 Å². The number of nitrogen functional groups attached to an aromatic ring is 1. The fourth-order valence-electron chi connectivity index (χ4n) is 7.78. The summed E-state index contributed by atoms with van der Waals surface area (Å²) in [6, 6.07) is 40.1. The number of nitrogens with two attached hydrogens (primary N) is 1. The van der Waals surface area contributed by atoms with Gasteiger partial charge in [0, 0.05) is 32.4 Å². The number of ether oxygens (including phenoxy) is 4. The largest absolute Gasteiger partial charge is 0.497 e. The van der Waals surface area contributed by atoms with Gasteiger partial charge in [-0.25, -0.2) is 9.97 Å². The molecule has 0 spiro atoms. The second kappa shape index (κ2) is 19.2. The van der Waals surface area contributed by atoms with Gasteiger partial charge in [0.15, 0.2) is 0 Å². The number of anilines is 2. The van der Waals surface area contributed by atoms with Gasteiger partial charge in [0.1, 0.15) is 47.2 Å². The molecule has 5 aromatic carbocycles. The van der Waals surface area contributed by atoms with Gasteiger partial charge in [-0.2, -0.15) is 5.11 Å². The van der Waals surface area contributed by atoms with Crippen molar-refractivity contribution in [3.63, 3.8) is 0 Å². The van der Waals surface area contributed by atoms with E-state index in [1.54, 1.807) is 44.7 Å². The quantitative estimate of drug-likeness (QED) is 0.0554. The Morgan fingerprint density at radius 2 is 1.52 bits per heavy atom. The van der Waals surface area contributed by atoms with Gasteiger partial charge in [-0.3, -0.25) is 4.79 Å². The zero-order valence-corrected chi connectivity index (χ0v) is 35.9. The predicted octanol–water partition coefficient (Wildman–Crippen LogP) is 7.95. The minimum atomic E-state index is -1.11. The van der Waals surface area contributed by atoms with E-state index in [4.69, 9.17) is 24.7 Å². The van der Waals surface area contributed by atoms with Crippen LogP contribution in [0, 0.1) is 11.8 Å². The average Bonchev–Trinajstić information content (AvgIpc) is 3.90. The van der Waals surface area contributed by atoms with Gasteiger partial charge in [-0.1, -0.05) is 78.6 Å². The Balaban J connectivity index is 1.01. The van der Waals surface area contributed by atoms with Gasteiger partial charge in [-0.15, -0.1) is 5.11 Å². The van der Waals surface area contributed by atoms with Gasteiger partial charge in [0.25, 0.3) is 5.91 Å². The van der Waals surface area contributed by atoms with Crippen LogP contribution in [0.15, 0.2) is 150 Å². The van der Waals surface area contributed by atoms with E-state index in [0.717, 1.165) is 22.4 Å². The summed E-state index contributed by atoms with van der Waals surface area (Å²) >= 11 is 0. The fraction of sp³-hybridized carbons (Fsp3) is 0.220. The first-order valence-electron chi connectivity index (χ1n) is 20.7. The molecule has 14 heteroatoms. The molecule has 2 aromatic heterocycles. The van der Waals surface area contributed by atoms with Crippen molar-refractivity contribution in [1.82, 2.24) is 19.9 Å². The number of aromatic nitrogens is 3. The van der Waals surface area contributed by atoms with Crippen molar-refractivity contribution in [3.05, 3.63) is 168 Å². The van der Waals surface area contributed by atoms with Gasteiger partial charge >= 0.3 is 0 Å². The van der Waals surface area contributed by atoms with Crippen molar-refractivity contribution in [3.8, 4) is 23.3 Å². The number of carbonyl (C=O) groups is 1. The fourth-order valence-corrected chi connectivity index (χ4v) is 7.78. The van der Waals surface area contributed by atoms with Crippen LogP contribution in [-0.4, -0.2) is 79.2 Å². The van der Waals surface area contributed by atoms with Gasteiger partial charge < -0.3 is 44.6 Å². The highest BCUT2D eigenvalue weighted by atomic mass is 16.6. The summed E-state index contributed by atoms with van der Waals surface area (Å²) in [5, 5.41) is 23.7. The molecule has 0 saturated carbocycles. The summed E-state index contributed by atoms with van der Waals surface area (Å²) in [7, 11) is 7.19. The standard InChI is InChI=1S/C50H48N8O6/c1-57(2)38-22-20-37(21-23-38)55-56-42-15-9-8-14-41(42)49(60)52-28-10-11-33-30-58(48-46(33)47(51)53-32-54-48)45-29-43(59)44(64-45)31-63-50(34-12-6-5-7-13-34,35-16-24-39(61-3)25-17-35)36-18-26-40(62-4)27-19-36/h5-9,12-27,30,32,43-45,59H,28-29,31H2,1-4H3,(H,52,60)(H2,51,53,54)/t43-,44+,45+/m0/s1. The van der Waals surface area contributed by atoms with E-state index < -0.39 is 24.0 Å². The average molecular weight is 857 g/mol. The molecule has 1 aliphatic heterocycles. The van der Waals surface area contributed by atoms with Gasteiger partial charge in [-0.05, 0) is 77.4 Å². The highest BCUT2D eigenvalue weighted by molar-refractivity contribution is 5.99. The molecule has 1 aliphatic rings. The third kappa shape index (κ3) is 9.00. The Morgan fingerprint density at radius 3 is 2.17 bits per heavy atom. The molecular weight excluding hydrogens is 809 g/mol.